The van der Waals surface area contributed by atoms with Crippen molar-refractivity contribution in [2.24, 2.45) is 5.73 Å². The molecular weight excluding hydrogens is 439 g/mol. The molecule has 0 unspecified atom stereocenters. The molecule has 0 saturated heterocycles. The lowest BCUT2D eigenvalue weighted by molar-refractivity contribution is 0.379. The third kappa shape index (κ3) is 3.31. The highest BCUT2D eigenvalue weighted by molar-refractivity contribution is 5.78. The van der Waals surface area contributed by atoms with Gasteiger partial charge >= 0.3 is 0 Å². The van der Waals surface area contributed by atoms with Crippen molar-refractivity contribution in [1.82, 2.24) is 20.4 Å². The molecule has 1 aliphatic heterocycles. The molecule has 3 heterocycles. The second-order valence-corrected chi connectivity index (χ2v) is 7.52. The Morgan fingerprint density at radius 2 is 1.88 bits per heavy atom. The van der Waals surface area contributed by atoms with Crippen LogP contribution in [0.5, 0.6) is 17.4 Å². The molecule has 9 nitrogen and oxygen atoms in total. The van der Waals surface area contributed by atoms with Crippen LogP contribution >= 0.6 is 0 Å². The molecule has 1 atom stereocenters. The lowest BCUT2D eigenvalue weighted by Crippen LogP contribution is -2.21. The number of nitrogens with one attached hydrogen (secondary N) is 2. The van der Waals surface area contributed by atoms with Gasteiger partial charge in [-0.05, 0) is 42.5 Å². The maximum absolute atomic E-state index is 13.5. The number of aromatic amines is 2. The van der Waals surface area contributed by atoms with Crippen molar-refractivity contribution in [3.8, 4) is 46.0 Å². The van der Waals surface area contributed by atoms with Crippen LogP contribution in [-0.4, -0.2) is 34.6 Å². The van der Waals surface area contributed by atoms with Gasteiger partial charge in [-0.15, -0.1) is 5.10 Å². The average molecular weight is 458 g/mol. The van der Waals surface area contributed by atoms with Crippen LogP contribution in [-0.2, 0) is 0 Å². The van der Waals surface area contributed by atoms with Gasteiger partial charge in [-0.2, -0.15) is 10.4 Å². The highest BCUT2D eigenvalue weighted by Crippen LogP contribution is 2.49. The molecule has 34 heavy (non-hydrogen) atoms. The summed E-state index contributed by atoms with van der Waals surface area (Å²) in [5.41, 5.74) is 10.1. The van der Waals surface area contributed by atoms with Gasteiger partial charge in [-0.1, -0.05) is 0 Å². The topological polar surface area (TPSA) is 135 Å². The molecule has 0 saturated carbocycles. The van der Waals surface area contributed by atoms with Gasteiger partial charge in [0.15, 0.2) is 0 Å². The van der Waals surface area contributed by atoms with Crippen LogP contribution in [0.25, 0.3) is 22.5 Å². The van der Waals surface area contributed by atoms with E-state index in [1.807, 2.05) is 0 Å². The molecule has 0 aliphatic carbocycles. The molecule has 10 heteroatoms. The summed E-state index contributed by atoms with van der Waals surface area (Å²) < 4.78 is 30.2. The number of hydrogen-bond acceptors (Lipinski definition) is 7. The molecule has 4 aromatic rings. The van der Waals surface area contributed by atoms with Crippen molar-refractivity contribution in [2.45, 2.75) is 5.92 Å². The summed E-state index contributed by atoms with van der Waals surface area (Å²) in [6.07, 6.45) is 1.61. The number of fused-ring (bicyclic) bond motifs is 1. The molecule has 0 radical (unpaired) electrons. The molecule has 170 valence electrons. The van der Waals surface area contributed by atoms with E-state index in [2.05, 4.69) is 26.5 Å². The van der Waals surface area contributed by atoms with Crippen LogP contribution in [0.4, 0.5) is 4.39 Å². The summed E-state index contributed by atoms with van der Waals surface area (Å²) in [6.45, 7) is 0. The molecule has 4 N–H and O–H groups in total. The molecular formula is C24H19FN6O3. The summed E-state index contributed by atoms with van der Waals surface area (Å²) in [6, 6.07) is 13.5. The first-order valence-corrected chi connectivity index (χ1v) is 10.2. The summed E-state index contributed by atoms with van der Waals surface area (Å²) in [5, 5.41) is 24.5. The van der Waals surface area contributed by atoms with Crippen LogP contribution in [0.1, 0.15) is 17.0 Å². The van der Waals surface area contributed by atoms with E-state index in [-0.39, 0.29) is 23.2 Å². The SMILES string of the molecule is COc1ccc(OC)c(-c2[nH]nc3c2[C@@H](c2cn[nH]c2-c2ccc(F)cc2)C(C#N)=C(N)O3)c1. The predicted molar refractivity (Wildman–Crippen MR) is 120 cm³/mol. The number of rotatable bonds is 5. The number of nitrogens with zero attached hydrogens (tertiary/aromatic N) is 3. The number of halogens is 1. The van der Waals surface area contributed by atoms with Crippen LogP contribution in [0.3, 0.4) is 0 Å². The fourth-order valence-corrected chi connectivity index (χ4v) is 4.13. The van der Waals surface area contributed by atoms with Gasteiger partial charge in [-0.3, -0.25) is 10.2 Å². The standard InChI is InChI=1S/C24H19FN6O3/c1-32-14-7-8-18(33-2)15(9-14)22-20-19(16(10-26)23(27)34-24(20)31-30-22)17-11-28-29-21(17)12-3-5-13(25)6-4-12/h3-9,11,19H,27H2,1-2H3,(H,28,29)(H,30,31)/t19-/m1/s1. The van der Waals surface area contributed by atoms with E-state index < -0.39 is 5.92 Å². The zero-order valence-corrected chi connectivity index (χ0v) is 18.2. The normalized spacial score (nSPS) is 14.8. The van der Waals surface area contributed by atoms with Crippen molar-refractivity contribution in [3.63, 3.8) is 0 Å². The minimum absolute atomic E-state index is 0.0538. The number of methoxy groups -OCH3 is 2. The van der Waals surface area contributed by atoms with Crippen molar-refractivity contribution in [2.75, 3.05) is 14.2 Å². The monoisotopic (exact) mass is 458 g/mol. The number of aromatic nitrogens is 4. The van der Waals surface area contributed by atoms with Gasteiger partial charge < -0.3 is 19.9 Å². The van der Waals surface area contributed by atoms with E-state index >= 15 is 0 Å². The predicted octanol–water partition coefficient (Wildman–Crippen LogP) is 3.84. The minimum Gasteiger partial charge on any atom is -0.497 e. The Morgan fingerprint density at radius 3 is 2.59 bits per heavy atom. The summed E-state index contributed by atoms with van der Waals surface area (Å²) >= 11 is 0. The Labute approximate surface area is 193 Å². The van der Waals surface area contributed by atoms with Crippen molar-refractivity contribution in [3.05, 3.63) is 77.1 Å². The van der Waals surface area contributed by atoms with Crippen LogP contribution in [0.2, 0.25) is 0 Å². The number of hydrogen-bond donors (Lipinski definition) is 3. The molecule has 0 bridgehead atoms. The number of nitriles is 1. The van der Waals surface area contributed by atoms with Gasteiger partial charge in [0.1, 0.15) is 29.0 Å². The van der Waals surface area contributed by atoms with E-state index in [4.69, 9.17) is 19.9 Å². The molecule has 0 fully saturated rings. The molecule has 0 amide bonds. The largest absolute Gasteiger partial charge is 0.497 e. The first-order valence-electron chi connectivity index (χ1n) is 10.2. The Kier molecular flexibility index (Phi) is 5.14. The van der Waals surface area contributed by atoms with Gasteiger partial charge in [0.25, 0.3) is 0 Å². The third-order valence-corrected chi connectivity index (χ3v) is 5.73. The van der Waals surface area contributed by atoms with Crippen LogP contribution in [0, 0.1) is 17.1 Å². The lowest BCUT2D eigenvalue weighted by Gasteiger charge is -2.24. The molecule has 1 aliphatic rings. The van der Waals surface area contributed by atoms with Crippen molar-refractivity contribution in [1.29, 1.82) is 5.26 Å². The van der Waals surface area contributed by atoms with E-state index in [9.17, 15) is 9.65 Å². The zero-order valence-electron chi connectivity index (χ0n) is 18.2. The van der Waals surface area contributed by atoms with Gasteiger partial charge in [0.2, 0.25) is 11.8 Å². The van der Waals surface area contributed by atoms with E-state index in [0.717, 1.165) is 0 Å². The number of nitrogens with two attached hydrogens (primary N) is 1. The van der Waals surface area contributed by atoms with Gasteiger partial charge in [-0.25, -0.2) is 4.39 Å². The summed E-state index contributed by atoms with van der Waals surface area (Å²) in [4.78, 5) is 0. The maximum Gasteiger partial charge on any atom is 0.244 e. The minimum atomic E-state index is -0.669. The van der Waals surface area contributed by atoms with E-state index in [0.29, 0.717) is 45.1 Å². The van der Waals surface area contributed by atoms with Crippen molar-refractivity contribution >= 4 is 0 Å². The summed E-state index contributed by atoms with van der Waals surface area (Å²) in [7, 11) is 3.13. The lowest BCUT2D eigenvalue weighted by atomic mass is 9.82. The van der Waals surface area contributed by atoms with Crippen LogP contribution < -0.4 is 19.9 Å². The van der Waals surface area contributed by atoms with E-state index in [1.54, 1.807) is 50.7 Å². The number of allylic oxidation sites excluding steroid dienone is 1. The number of ether oxygens (including phenoxy) is 3. The third-order valence-electron chi connectivity index (χ3n) is 5.73. The second-order valence-electron chi connectivity index (χ2n) is 7.52. The smallest absolute Gasteiger partial charge is 0.244 e. The number of benzene rings is 2. The fourth-order valence-electron chi connectivity index (χ4n) is 4.13. The first kappa shape index (κ1) is 21.1. The zero-order chi connectivity index (χ0) is 23.8. The Balaban J connectivity index is 1.75. The quantitative estimate of drug-likeness (QED) is 0.413. The summed E-state index contributed by atoms with van der Waals surface area (Å²) in [5.74, 6) is 0.324. The fraction of sp³-hybridized carbons (Fsp3) is 0.125. The highest BCUT2D eigenvalue weighted by Gasteiger charge is 2.38. The maximum atomic E-state index is 13.5. The average Bonchev–Trinajstić information content (AvgIpc) is 3.50. The van der Waals surface area contributed by atoms with Gasteiger partial charge in [0.05, 0.1) is 43.3 Å². The first-order chi connectivity index (χ1) is 16.5. The highest BCUT2D eigenvalue weighted by atomic mass is 19.1. The van der Waals surface area contributed by atoms with Gasteiger partial charge in [0, 0.05) is 16.7 Å². The Hall–Kier alpha value is -4.78. The van der Waals surface area contributed by atoms with Crippen LogP contribution in [0.15, 0.2) is 60.1 Å². The molecule has 5 rings (SSSR count). The second kappa shape index (κ2) is 8.29. The Morgan fingerprint density at radius 1 is 1.09 bits per heavy atom. The molecule has 2 aromatic carbocycles. The van der Waals surface area contributed by atoms with E-state index in [1.165, 1.54) is 12.1 Å². The number of H-pyrrole nitrogens is 2. The molecule has 2 aromatic heterocycles. The molecule has 0 spiro atoms. The Bertz CT molecular complexity index is 1450. The van der Waals surface area contributed by atoms with Crippen molar-refractivity contribution < 1.29 is 18.6 Å².